The first-order valence-electron chi connectivity index (χ1n) is 10.3. The van der Waals surface area contributed by atoms with E-state index in [9.17, 15) is 0 Å². The number of aliphatic imine (C=N–C) groups is 1. The molecule has 0 radical (unpaired) electrons. The van der Waals surface area contributed by atoms with Crippen LogP contribution in [0.15, 0.2) is 71.7 Å². The summed E-state index contributed by atoms with van der Waals surface area (Å²) >= 11 is 0. The predicted molar refractivity (Wildman–Crippen MR) is 118 cm³/mol. The van der Waals surface area contributed by atoms with E-state index in [2.05, 4.69) is 83.5 Å². The molecule has 2 unspecified atom stereocenters. The second-order valence-electron chi connectivity index (χ2n) is 7.83. The maximum Gasteiger partial charge on any atom is 0.0757 e. The first-order chi connectivity index (χ1) is 13.9. The highest BCUT2D eigenvalue weighted by molar-refractivity contribution is 6.22. The number of anilines is 1. The second kappa shape index (κ2) is 5.96. The van der Waals surface area contributed by atoms with Gasteiger partial charge in [-0.25, -0.2) is 0 Å². The summed E-state index contributed by atoms with van der Waals surface area (Å²) in [7, 11) is 0. The topological polar surface area (TPSA) is 29.3 Å². The number of fused-ring (bicyclic) bond motifs is 6. The van der Waals surface area contributed by atoms with Crippen LogP contribution >= 0.6 is 0 Å². The molecule has 3 aromatic carbocycles. The molecule has 0 spiro atoms. The smallest absolute Gasteiger partial charge is 0.0757 e. The van der Waals surface area contributed by atoms with Crippen molar-refractivity contribution in [2.45, 2.75) is 31.8 Å². The van der Waals surface area contributed by atoms with Gasteiger partial charge in [0.05, 0.1) is 11.8 Å². The number of rotatable bonds is 2. The summed E-state index contributed by atoms with van der Waals surface area (Å²) in [6, 6.07) is 24.5. The van der Waals surface area contributed by atoms with Crippen molar-refractivity contribution in [3.63, 3.8) is 0 Å². The molecule has 3 heteroatoms. The summed E-state index contributed by atoms with van der Waals surface area (Å²) in [5, 5.41) is 6.45. The fourth-order valence-corrected chi connectivity index (χ4v) is 5.31. The molecule has 2 aliphatic rings. The maximum atomic E-state index is 5.06. The third-order valence-electron chi connectivity index (χ3n) is 6.48. The average Bonchev–Trinajstić information content (AvgIpc) is 3.29. The van der Waals surface area contributed by atoms with Crippen molar-refractivity contribution in [1.29, 1.82) is 0 Å². The molecule has 138 valence electrons. The minimum atomic E-state index is 0.264. The Morgan fingerprint density at radius 1 is 0.964 bits per heavy atom. The van der Waals surface area contributed by atoms with E-state index < -0.39 is 0 Å². The van der Waals surface area contributed by atoms with Crippen LogP contribution in [0.5, 0.6) is 0 Å². The zero-order valence-corrected chi connectivity index (χ0v) is 16.0. The van der Waals surface area contributed by atoms with Crippen LogP contribution in [0.2, 0.25) is 0 Å². The molecule has 0 bridgehead atoms. The lowest BCUT2D eigenvalue weighted by atomic mass is 9.84. The van der Waals surface area contributed by atoms with E-state index >= 15 is 0 Å². The molecule has 3 nitrogen and oxygen atoms in total. The van der Waals surface area contributed by atoms with Crippen molar-refractivity contribution in [2.75, 3.05) is 11.9 Å². The molecular formula is C25H23N3. The zero-order chi connectivity index (χ0) is 18.7. The maximum absolute atomic E-state index is 5.06. The Morgan fingerprint density at radius 2 is 1.79 bits per heavy atom. The molecule has 28 heavy (non-hydrogen) atoms. The van der Waals surface area contributed by atoms with Crippen molar-refractivity contribution < 1.29 is 0 Å². The van der Waals surface area contributed by atoms with Gasteiger partial charge in [0.15, 0.2) is 0 Å². The van der Waals surface area contributed by atoms with Crippen molar-refractivity contribution >= 4 is 33.2 Å². The first kappa shape index (κ1) is 15.9. The van der Waals surface area contributed by atoms with Crippen LogP contribution in [-0.2, 0) is 6.54 Å². The summed E-state index contributed by atoms with van der Waals surface area (Å²) in [6.45, 7) is 4.09. The van der Waals surface area contributed by atoms with Gasteiger partial charge in [-0.3, -0.25) is 4.99 Å². The highest BCUT2D eigenvalue weighted by Crippen LogP contribution is 2.42. The predicted octanol–water partition coefficient (Wildman–Crippen LogP) is 5.59. The molecule has 0 fully saturated rings. The highest BCUT2D eigenvalue weighted by atomic mass is 15.0. The number of nitrogens with zero attached hydrogens (tertiary/aromatic N) is 2. The van der Waals surface area contributed by atoms with E-state index in [1.54, 1.807) is 0 Å². The number of hydrogen-bond donors (Lipinski definition) is 1. The van der Waals surface area contributed by atoms with Crippen molar-refractivity contribution in [3.05, 3.63) is 77.9 Å². The van der Waals surface area contributed by atoms with Crippen molar-refractivity contribution in [1.82, 2.24) is 4.57 Å². The molecule has 3 heterocycles. The first-order valence-corrected chi connectivity index (χ1v) is 10.3. The number of aryl methyl sites for hydroxylation is 1. The van der Waals surface area contributed by atoms with E-state index in [1.165, 1.54) is 44.3 Å². The van der Waals surface area contributed by atoms with Gasteiger partial charge in [-0.15, -0.1) is 0 Å². The van der Waals surface area contributed by atoms with Crippen LogP contribution in [0.4, 0.5) is 5.69 Å². The highest BCUT2D eigenvalue weighted by Gasteiger charge is 2.38. The Labute approximate surface area is 164 Å². The van der Waals surface area contributed by atoms with Crippen LogP contribution in [0, 0.1) is 0 Å². The number of aromatic nitrogens is 1. The summed E-state index contributed by atoms with van der Waals surface area (Å²) < 4.78 is 2.42. The third kappa shape index (κ3) is 2.07. The van der Waals surface area contributed by atoms with E-state index in [4.69, 9.17) is 4.99 Å². The van der Waals surface area contributed by atoms with E-state index in [-0.39, 0.29) is 6.04 Å². The molecular weight excluding hydrogens is 342 g/mol. The Balaban J connectivity index is 1.59. The zero-order valence-electron chi connectivity index (χ0n) is 16.0. The molecule has 1 N–H and O–H groups in total. The van der Waals surface area contributed by atoms with Gasteiger partial charge in [0.25, 0.3) is 0 Å². The lowest BCUT2D eigenvalue weighted by molar-refractivity contribution is 0.614. The summed E-state index contributed by atoms with van der Waals surface area (Å²) in [4.78, 5) is 5.06. The SMILES string of the molecule is CCn1c2ccccc2c2c(C3=NCCC4c5ccccc5NC34)cccc21. The van der Waals surface area contributed by atoms with Gasteiger partial charge >= 0.3 is 0 Å². The van der Waals surface area contributed by atoms with Gasteiger partial charge in [0.1, 0.15) is 0 Å². The minimum Gasteiger partial charge on any atom is -0.376 e. The number of para-hydroxylation sites is 2. The molecule has 0 aliphatic carbocycles. The summed E-state index contributed by atoms with van der Waals surface area (Å²) in [5.41, 5.74) is 7.84. The molecule has 0 saturated heterocycles. The van der Waals surface area contributed by atoms with Crippen LogP contribution in [0.1, 0.15) is 30.4 Å². The fourth-order valence-electron chi connectivity index (χ4n) is 5.31. The molecule has 6 rings (SSSR count). The molecule has 2 atom stereocenters. The standard InChI is InChI=1S/C25H23N3/c1-2-28-21-12-6-4-9-18(21)23-19(10-7-13-22(23)28)24-25-17(14-15-26-24)16-8-3-5-11-20(16)27-25/h3-13,17,25,27H,2,14-15H2,1H3. The number of nitrogens with one attached hydrogen (secondary N) is 1. The van der Waals surface area contributed by atoms with Gasteiger partial charge in [-0.1, -0.05) is 48.5 Å². The Hall–Kier alpha value is -3.07. The molecule has 4 aromatic rings. The average molecular weight is 365 g/mol. The molecule has 0 saturated carbocycles. The van der Waals surface area contributed by atoms with Gasteiger partial charge < -0.3 is 9.88 Å². The van der Waals surface area contributed by atoms with Crippen LogP contribution in [0.3, 0.4) is 0 Å². The Kier molecular flexibility index (Phi) is 3.39. The number of benzene rings is 3. The third-order valence-corrected chi connectivity index (χ3v) is 6.48. The lowest BCUT2D eigenvalue weighted by Crippen LogP contribution is -2.35. The van der Waals surface area contributed by atoms with Crippen LogP contribution in [0.25, 0.3) is 21.8 Å². The normalized spacial score (nSPS) is 20.7. The second-order valence-corrected chi connectivity index (χ2v) is 7.83. The Morgan fingerprint density at radius 3 is 2.71 bits per heavy atom. The van der Waals surface area contributed by atoms with Crippen LogP contribution < -0.4 is 5.32 Å². The quantitative estimate of drug-likeness (QED) is 0.493. The lowest BCUT2D eigenvalue weighted by Gasteiger charge is -2.27. The largest absolute Gasteiger partial charge is 0.376 e. The van der Waals surface area contributed by atoms with Gasteiger partial charge in [-0.2, -0.15) is 0 Å². The molecule has 1 aromatic heterocycles. The summed E-state index contributed by atoms with van der Waals surface area (Å²) in [5.74, 6) is 0.512. The Bertz CT molecular complexity index is 1250. The van der Waals surface area contributed by atoms with E-state index in [1.807, 2.05) is 0 Å². The number of hydrogen-bond acceptors (Lipinski definition) is 2. The molecule has 0 amide bonds. The van der Waals surface area contributed by atoms with Crippen LogP contribution in [-0.4, -0.2) is 22.9 Å². The minimum absolute atomic E-state index is 0.264. The van der Waals surface area contributed by atoms with E-state index in [0.29, 0.717) is 5.92 Å². The van der Waals surface area contributed by atoms with Gasteiger partial charge in [0, 0.05) is 52.1 Å². The van der Waals surface area contributed by atoms with Crippen molar-refractivity contribution in [2.24, 2.45) is 4.99 Å². The monoisotopic (exact) mass is 365 g/mol. The van der Waals surface area contributed by atoms with Crippen molar-refractivity contribution in [3.8, 4) is 0 Å². The fraction of sp³-hybridized carbons (Fsp3) is 0.240. The molecule has 2 aliphatic heterocycles. The van der Waals surface area contributed by atoms with Gasteiger partial charge in [-0.05, 0) is 37.1 Å². The summed E-state index contributed by atoms with van der Waals surface area (Å²) in [6.07, 6.45) is 1.12. The van der Waals surface area contributed by atoms with Gasteiger partial charge in [0.2, 0.25) is 0 Å². The van der Waals surface area contributed by atoms with E-state index in [0.717, 1.165) is 19.5 Å².